The van der Waals surface area contributed by atoms with Gasteiger partial charge in [0.2, 0.25) is 11.8 Å². The first kappa shape index (κ1) is 23.1. The van der Waals surface area contributed by atoms with Crippen LogP contribution in [0.25, 0.3) is 0 Å². The molecule has 182 valence electrons. The topological polar surface area (TPSA) is 77.0 Å². The van der Waals surface area contributed by atoms with E-state index in [1.165, 1.54) is 25.7 Å². The Labute approximate surface area is 201 Å². The normalized spacial score (nSPS) is 22.6. The second-order valence-electron chi connectivity index (χ2n) is 9.39. The van der Waals surface area contributed by atoms with Gasteiger partial charge in [0.1, 0.15) is 23.2 Å². The van der Waals surface area contributed by atoms with Crippen molar-refractivity contribution in [2.75, 3.05) is 40.0 Å². The highest BCUT2D eigenvalue weighted by molar-refractivity contribution is 5.82. The average Bonchev–Trinajstić information content (AvgIpc) is 3.44. The Bertz CT molecular complexity index is 956. The minimum atomic E-state index is -0.140. The third kappa shape index (κ3) is 5.03. The highest BCUT2D eigenvalue weighted by Gasteiger charge is 2.38. The van der Waals surface area contributed by atoms with Crippen LogP contribution in [0.5, 0.6) is 17.4 Å². The van der Waals surface area contributed by atoms with Crippen molar-refractivity contribution in [1.82, 2.24) is 19.8 Å². The van der Waals surface area contributed by atoms with Crippen LogP contribution in [0.3, 0.4) is 0 Å². The van der Waals surface area contributed by atoms with E-state index in [9.17, 15) is 4.79 Å². The maximum Gasteiger partial charge on any atom is 0.242 e. The van der Waals surface area contributed by atoms with Crippen LogP contribution < -0.4 is 9.47 Å². The van der Waals surface area contributed by atoms with Crippen LogP contribution >= 0.6 is 0 Å². The fourth-order valence-corrected chi connectivity index (χ4v) is 5.54. The van der Waals surface area contributed by atoms with Crippen LogP contribution in [0.1, 0.15) is 50.1 Å². The van der Waals surface area contributed by atoms with Crippen molar-refractivity contribution in [3.8, 4) is 17.4 Å². The Kier molecular flexibility index (Phi) is 7.25. The number of rotatable bonds is 6. The summed E-state index contributed by atoms with van der Waals surface area (Å²) in [6.45, 7) is 3.54. The predicted molar refractivity (Wildman–Crippen MR) is 127 cm³/mol. The molecule has 1 aromatic heterocycles. The molecule has 1 amide bonds. The number of morpholine rings is 1. The molecule has 0 bridgehead atoms. The van der Waals surface area contributed by atoms with Gasteiger partial charge >= 0.3 is 0 Å². The zero-order chi connectivity index (χ0) is 23.3. The molecule has 1 atom stereocenters. The molecular weight excluding hydrogens is 432 g/mol. The van der Waals surface area contributed by atoms with E-state index in [0.29, 0.717) is 24.3 Å². The van der Waals surface area contributed by atoms with E-state index in [-0.39, 0.29) is 17.9 Å². The largest absolute Gasteiger partial charge is 0.497 e. The fourth-order valence-electron chi connectivity index (χ4n) is 5.54. The Morgan fingerprint density at radius 2 is 1.68 bits per heavy atom. The smallest absolute Gasteiger partial charge is 0.242 e. The molecule has 5 rings (SSSR count). The minimum absolute atomic E-state index is 0.140. The highest BCUT2D eigenvalue weighted by atomic mass is 16.5. The molecule has 2 saturated heterocycles. The number of likely N-dealkylation sites (tertiary alicyclic amines) is 1. The Balaban J connectivity index is 1.22. The molecule has 1 aliphatic carbocycles. The number of piperidine rings is 1. The van der Waals surface area contributed by atoms with Crippen molar-refractivity contribution >= 4 is 5.91 Å². The van der Waals surface area contributed by atoms with E-state index in [4.69, 9.17) is 14.2 Å². The van der Waals surface area contributed by atoms with Gasteiger partial charge in [-0.1, -0.05) is 12.8 Å². The fraction of sp³-hybridized carbons (Fsp3) is 0.577. The molecule has 2 aromatic rings. The lowest BCUT2D eigenvalue weighted by Gasteiger charge is -2.42. The first-order valence-corrected chi connectivity index (χ1v) is 12.5. The molecule has 0 radical (unpaired) electrons. The summed E-state index contributed by atoms with van der Waals surface area (Å²) in [5.41, 5.74) is 0.860. The van der Waals surface area contributed by atoms with Crippen molar-refractivity contribution in [1.29, 1.82) is 0 Å². The Morgan fingerprint density at radius 3 is 2.41 bits per heavy atom. The van der Waals surface area contributed by atoms with Crippen LogP contribution in [0.2, 0.25) is 0 Å². The number of amides is 1. The molecule has 8 nitrogen and oxygen atoms in total. The van der Waals surface area contributed by atoms with Crippen LogP contribution in [-0.2, 0) is 9.53 Å². The maximum atomic E-state index is 13.5. The summed E-state index contributed by atoms with van der Waals surface area (Å²) in [5.74, 6) is 2.43. The predicted octanol–water partition coefficient (Wildman–Crippen LogP) is 3.63. The number of hydrogen-bond acceptors (Lipinski definition) is 7. The molecule has 2 aliphatic heterocycles. The second kappa shape index (κ2) is 10.7. The van der Waals surface area contributed by atoms with Crippen molar-refractivity contribution in [3.63, 3.8) is 0 Å². The van der Waals surface area contributed by atoms with E-state index in [1.807, 2.05) is 29.2 Å². The Morgan fingerprint density at radius 1 is 0.971 bits per heavy atom. The van der Waals surface area contributed by atoms with Gasteiger partial charge in [-0.3, -0.25) is 14.7 Å². The molecule has 3 heterocycles. The van der Waals surface area contributed by atoms with Crippen molar-refractivity contribution in [3.05, 3.63) is 42.4 Å². The van der Waals surface area contributed by atoms with Gasteiger partial charge in [0.05, 0.1) is 20.3 Å². The van der Waals surface area contributed by atoms with Gasteiger partial charge in [-0.2, -0.15) is 0 Å². The number of aromatic nitrogens is 2. The number of benzene rings is 1. The lowest BCUT2D eigenvalue weighted by molar-refractivity contribution is -0.146. The van der Waals surface area contributed by atoms with Crippen LogP contribution in [0.4, 0.5) is 0 Å². The monoisotopic (exact) mass is 466 g/mol. The summed E-state index contributed by atoms with van der Waals surface area (Å²) in [6.07, 6.45) is 10.0. The molecule has 1 saturated carbocycles. The number of hydrogen-bond donors (Lipinski definition) is 0. The molecule has 1 aromatic carbocycles. The quantitative estimate of drug-likeness (QED) is 0.643. The van der Waals surface area contributed by atoms with Gasteiger partial charge in [0, 0.05) is 44.0 Å². The van der Waals surface area contributed by atoms with Crippen molar-refractivity contribution < 1.29 is 19.0 Å². The van der Waals surface area contributed by atoms with Gasteiger partial charge in [-0.25, -0.2) is 4.98 Å². The SMILES string of the molecule is COc1ccc(Oc2nccnc2C2CCN(C(=O)[C@@H]3COCCN3C3CCCC3)CC2)cc1. The van der Waals surface area contributed by atoms with Gasteiger partial charge < -0.3 is 19.1 Å². The maximum absolute atomic E-state index is 13.5. The zero-order valence-electron chi connectivity index (χ0n) is 19.9. The summed E-state index contributed by atoms with van der Waals surface area (Å²) < 4.78 is 17.0. The van der Waals surface area contributed by atoms with Gasteiger partial charge in [-0.05, 0) is 49.9 Å². The standard InChI is InChI=1S/C26H34N4O4/c1-32-21-6-8-22(9-7-21)34-25-24(27-12-13-28-25)19-10-14-29(15-11-19)26(31)23-18-33-17-16-30(23)20-4-2-3-5-20/h6-9,12-13,19-20,23H,2-5,10-11,14-18H2,1H3/t23-/m0/s1. The van der Waals surface area contributed by atoms with E-state index >= 15 is 0 Å². The van der Waals surface area contributed by atoms with Crippen molar-refractivity contribution in [2.45, 2.75) is 56.5 Å². The summed E-state index contributed by atoms with van der Waals surface area (Å²) >= 11 is 0. The van der Waals surface area contributed by atoms with Crippen LogP contribution in [0, 0.1) is 0 Å². The summed E-state index contributed by atoms with van der Waals surface area (Å²) in [6, 6.07) is 7.84. The van der Waals surface area contributed by atoms with Gasteiger partial charge in [0.25, 0.3) is 0 Å². The molecule has 8 heteroatoms. The molecular formula is C26H34N4O4. The highest BCUT2D eigenvalue weighted by Crippen LogP contribution is 2.34. The van der Waals surface area contributed by atoms with E-state index in [0.717, 1.165) is 50.5 Å². The zero-order valence-corrected chi connectivity index (χ0v) is 19.9. The summed E-state index contributed by atoms with van der Waals surface area (Å²) in [7, 11) is 1.64. The minimum Gasteiger partial charge on any atom is -0.497 e. The summed E-state index contributed by atoms with van der Waals surface area (Å²) in [5, 5.41) is 0. The van der Waals surface area contributed by atoms with E-state index in [1.54, 1.807) is 19.5 Å². The third-order valence-electron chi connectivity index (χ3n) is 7.41. The first-order chi connectivity index (χ1) is 16.7. The van der Waals surface area contributed by atoms with Crippen molar-refractivity contribution in [2.24, 2.45) is 0 Å². The molecule has 34 heavy (non-hydrogen) atoms. The number of carbonyl (C=O) groups is 1. The van der Waals surface area contributed by atoms with Gasteiger partial charge in [-0.15, -0.1) is 0 Å². The lowest BCUT2D eigenvalue weighted by Crippen LogP contribution is -2.58. The molecule has 0 spiro atoms. The number of carbonyl (C=O) groups excluding carboxylic acids is 1. The molecule has 3 aliphatic rings. The number of nitrogens with zero attached hydrogens (tertiary/aromatic N) is 4. The number of ether oxygens (including phenoxy) is 3. The van der Waals surface area contributed by atoms with Crippen LogP contribution in [-0.4, -0.2) is 77.7 Å². The van der Waals surface area contributed by atoms with E-state index < -0.39 is 0 Å². The number of methoxy groups -OCH3 is 1. The average molecular weight is 467 g/mol. The molecule has 0 unspecified atom stereocenters. The first-order valence-electron chi connectivity index (χ1n) is 12.5. The second-order valence-corrected chi connectivity index (χ2v) is 9.39. The molecule has 3 fully saturated rings. The Hall–Kier alpha value is -2.71. The molecule has 0 N–H and O–H groups in total. The van der Waals surface area contributed by atoms with Gasteiger partial charge in [0.15, 0.2) is 0 Å². The van der Waals surface area contributed by atoms with E-state index in [2.05, 4.69) is 14.9 Å². The lowest BCUT2D eigenvalue weighted by atomic mass is 9.92. The van der Waals surface area contributed by atoms with Crippen LogP contribution in [0.15, 0.2) is 36.7 Å². The summed E-state index contributed by atoms with van der Waals surface area (Å²) in [4.78, 5) is 27.0. The third-order valence-corrected chi connectivity index (χ3v) is 7.41.